The molecule has 1 saturated heterocycles. The lowest BCUT2D eigenvalue weighted by molar-refractivity contribution is 0.313. The molecule has 1 heterocycles. The van der Waals surface area contributed by atoms with Crippen LogP contribution in [0.2, 0.25) is 0 Å². The molecule has 17 heavy (non-hydrogen) atoms. The van der Waals surface area contributed by atoms with Gasteiger partial charge in [0.15, 0.2) is 0 Å². The summed E-state index contributed by atoms with van der Waals surface area (Å²) in [5.74, 6) is 0.622. The third kappa shape index (κ3) is 2.81. The molecule has 0 atom stereocenters. The Bertz CT molecular complexity index is 377. The Morgan fingerprint density at radius 2 is 1.71 bits per heavy atom. The van der Waals surface area contributed by atoms with Gasteiger partial charge in [-0.1, -0.05) is 19.9 Å². The molecular formula is C15H24N2. The van der Waals surface area contributed by atoms with Crippen LogP contribution in [0.5, 0.6) is 0 Å². The molecular weight excluding hydrogens is 208 g/mol. The maximum absolute atomic E-state index is 2.50. The standard InChI is InChI=1S/C15H24N2/c1-12(2)15-6-5-14(11-13(15)3)17-9-7-16(4)8-10-17/h5-6,11-12H,7-10H2,1-4H3. The summed E-state index contributed by atoms with van der Waals surface area (Å²) in [7, 11) is 2.20. The maximum atomic E-state index is 2.50. The Kier molecular flexibility index (Phi) is 3.72. The minimum absolute atomic E-state index is 0.622. The first-order chi connectivity index (χ1) is 8.08. The Morgan fingerprint density at radius 3 is 2.24 bits per heavy atom. The maximum Gasteiger partial charge on any atom is 0.0369 e. The highest BCUT2D eigenvalue weighted by atomic mass is 15.2. The molecule has 2 nitrogen and oxygen atoms in total. The smallest absolute Gasteiger partial charge is 0.0369 e. The number of hydrogen-bond donors (Lipinski definition) is 0. The van der Waals surface area contributed by atoms with Gasteiger partial charge in [0.1, 0.15) is 0 Å². The van der Waals surface area contributed by atoms with Gasteiger partial charge in [-0.2, -0.15) is 0 Å². The van der Waals surface area contributed by atoms with Crippen molar-refractivity contribution in [3.05, 3.63) is 29.3 Å². The Hall–Kier alpha value is -1.02. The lowest BCUT2D eigenvalue weighted by Crippen LogP contribution is -2.44. The van der Waals surface area contributed by atoms with E-state index in [1.54, 1.807) is 0 Å². The summed E-state index contributed by atoms with van der Waals surface area (Å²) in [6.07, 6.45) is 0. The van der Waals surface area contributed by atoms with Crippen molar-refractivity contribution in [2.24, 2.45) is 0 Å². The Balaban J connectivity index is 2.14. The van der Waals surface area contributed by atoms with Crippen molar-refractivity contribution in [2.75, 3.05) is 38.1 Å². The van der Waals surface area contributed by atoms with E-state index in [9.17, 15) is 0 Å². The number of anilines is 1. The third-order valence-corrected chi connectivity index (χ3v) is 3.74. The Morgan fingerprint density at radius 1 is 1.06 bits per heavy atom. The van der Waals surface area contributed by atoms with E-state index in [1.807, 2.05) is 0 Å². The zero-order chi connectivity index (χ0) is 12.4. The zero-order valence-corrected chi connectivity index (χ0v) is 11.5. The molecule has 0 aromatic heterocycles. The molecule has 1 fully saturated rings. The van der Waals surface area contributed by atoms with E-state index < -0.39 is 0 Å². The van der Waals surface area contributed by atoms with Gasteiger partial charge in [-0.3, -0.25) is 0 Å². The van der Waals surface area contributed by atoms with Gasteiger partial charge in [-0.15, -0.1) is 0 Å². The summed E-state index contributed by atoms with van der Waals surface area (Å²) in [6.45, 7) is 11.4. The van der Waals surface area contributed by atoms with Gasteiger partial charge in [0.2, 0.25) is 0 Å². The molecule has 0 unspecified atom stereocenters. The first-order valence-electron chi connectivity index (χ1n) is 6.62. The molecule has 0 bridgehead atoms. The molecule has 0 radical (unpaired) electrons. The summed E-state index contributed by atoms with van der Waals surface area (Å²) in [5.41, 5.74) is 4.29. The fourth-order valence-corrected chi connectivity index (χ4v) is 2.57. The largest absolute Gasteiger partial charge is 0.369 e. The van der Waals surface area contributed by atoms with Gasteiger partial charge in [0.25, 0.3) is 0 Å². The van der Waals surface area contributed by atoms with Gasteiger partial charge in [-0.05, 0) is 43.1 Å². The zero-order valence-electron chi connectivity index (χ0n) is 11.5. The number of benzene rings is 1. The molecule has 1 aliphatic rings. The van der Waals surface area contributed by atoms with Crippen LogP contribution >= 0.6 is 0 Å². The van der Waals surface area contributed by atoms with Crippen LogP contribution in [0.25, 0.3) is 0 Å². The van der Waals surface area contributed by atoms with Crippen molar-refractivity contribution in [1.82, 2.24) is 4.90 Å². The molecule has 2 rings (SSSR count). The average molecular weight is 232 g/mol. The predicted molar refractivity (Wildman–Crippen MR) is 75.0 cm³/mol. The van der Waals surface area contributed by atoms with E-state index >= 15 is 0 Å². The fraction of sp³-hybridized carbons (Fsp3) is 0.600. The summed E-state index contributed by atoms with van der Waals surface area (Å²) >= 11 is 0. The summed E-state index contributed by atoms with van der Waals surface area (Å²) in [6, 6.07) is 6.93. The predicted octanol–water partition coefficient (Wildman–Crippen LogP) is 2.87. The van der Waals surface area contributed by atoms with E-state index in [0.29, 0.717) is 5.92 Å². The van der Waals surface area contributed by atoms with Gasteiger partial charge in [-0.25, -0.2) is 0 Å². The number of hydrogen-bond acceptors (Lipinski definition) is 2. The second-order valence-corrected chi connectivity index (χ2v) is 5.49. The summed E-state index contributed by atoms with van der Waals surface area (Å²) in [4.78, 5) is 4.89. The van der Waals surface area contributed by atoms with Crippen molar-refractivity contribution >= 4 is 5.69 Å². The average Bonchev–Trinajstić information content (AvgIpc) is 2.29. The number of piperazine rings is 1. The minimum Gasteiger partial charge on any atom is -0.369 e. The number of aryl methyl sites for hydroxylation is 1. The second-order valence-electron chi connectivity index (χ2n) is 5.49. The van der Waals surface area contributed by atoms with Crippen LogP contribution in [0.3, 0.4) is 0 Å². The normalized spacial score (nSPS) is 17.8. The number of rotatable bonds is 2. The highest BCUT2D eigenvalue weighted by Crippen LogP contribution is 2.24. The first-order valence-corrected chi connectivity index (χ1v) is 6.62. The topological polar surface area (TPSA) is 6.48 Å². The van der Waals surface area contributed by atoms with E-state index in [0.717, 1.165) is 13.1 Å². The molecule has 0 N–H and O–H groups in total. The lowest BCUT2D eigenvalue weighted by atomic mass is 9.97. The van der Waals surface area contributed by atoms with Crippen molar-refractivity contribution in [3.8, 4) is 0 Å². The van der Waals surface area contributed by atoms with Crippen molar-refractivity contribution in [3.63, 3.8) is 0 Å². The van der Waals surface area contributed by atoms with E-state index in [-0.39, 0.29) is 0 Å². The molecule has 2 heteroatoms. The number of nitrogens with zero attached hydrogens (tertiary/aromatic N) is 2. The summed E-state index contributed by atoms with van der Waals surface area (Å²) in [5, 5.41) is 0. The van der Waals surface area contributed by atoms with Crippen LogP contribution in [0, 0.1) is 6.92 Å². The quantitative estimate of drug-likeness (QED) is 0.773. The van der Waals surface area contributed by atoms with Crippen LogP contribution in [0.4, 0.5) is 5.69 Å². The molecule has 0 amide bonds. The minimum atomic E-state index is 0.622. The Labute approximate surface area is 105 Å². The highest BCUT2D eigenvalue weighted by Gasteiger charge is 2.15. The van der Waals surface area contributed by atoms with Crippen molar-refractivity contribution in [1.29, 1.82) is 0 Å². The van der Waals surface area contributed by atoms with Gasteiger partial charge >= 0.3 is 0 Å². The fourth-order valence-electron chi connectivity index (χ4n) is 2.57. The molecule has 1 aromatic rings. The first kappa shape index (κ1) is 12.4. The van der Waals surface area contributed by atoms with Crippen LogP contribution in [0.15, 0.2) is 18.2 Å². The van der Waals surface area contributed by atoms with Crippen LogP contribution in [0.1, 0.15) is 30.9 Å². The second kappa shape index (κ2) is 5.09. The number of likely N-dealkylation sites (N-methyl/N-ethyl adjacent to an activating group) is 1. The molecule has 1 aliphatic heterocycles. The molecule has 94 valence electrons. The molecule has 0 aliphatic carbocycles. The van der Waals surface area contributed by atoms with Crippen LogP contribution in [-0.2, 0) is 0 Å². The van der Waals surface area contributed by atoms with Gasteiger partial charge in [0, 0.05) is 31.9 Å². The van der Waals surface area contributed by atoms with E-state index in [2.05, 4.69) is 55.8 Å². The van der Waals surface area contributed by atoms with Gasteiger partial charge < -0.3 is 9.80 Å². The molecule has 0 spiro atoms. The monoisotopic (exact) mass is 232 g/mol. The lowest BCUT2D eigenvalue weighted by Gasteiger charge is -2.34. The highest BCUT2D eigenvalue weighted by molar-refractivity contribution is 5.51. The van der Waals surface area contributed by atoms with Crippen molar-refractivity contribution < 1.29 is 0 Å². The van der Waals surface area contributed by atoms with Crippen LogP contribution in [-0.4, -0.2) is 38.1 Å². The molecule has 1 aromatic carbocycles. The van der Waals surface area contributed by atoms with Crippen LogP contribution < -0.4 is 4.90 Å². The SMILES string of the molecule is Cc1cc(N2CCN(C)CC2)ccc1C(C)C. The van der Waals surface area contributed by atoms with Crippen molar-refractivity contribution in [2.45, 2.75) is 26.7 Å². The summed E-state index contributed by atoms with van der Waals surface area (Å²) < 4.78 is 0. The third-order valence-electron chi connectivity index (χ3n) is 3.74. The molecule has 0 saturated carbocycles. The van der Waals surface area contributed by atoms with Gasteiger partial charge in [0.05, 0.1) is 0 Å². The van der Waals surface area contributed by atoms with E-state index in [1.165, 1.54) is 29.9 Å². The van der Waals surface area contributed by atoms with E-state index in [4.69, 9.17) is 0 Å².